The van der Waals surface area contributed by atoms with E-state index >= 15 is 0 Å². The van der Waals surface area contributed by atoms with Crippen molar-refractivity contribution in [3.8, 4) is 0 Å². The smallest absolute Gasteiger partial charge is 0.339 e. The summed E-state index contributed by atoms with van der Waals surface area (Å²) in [5, 5.41) is 12.5. The number of hydrogen-bond acceptors (Lipinski definition) is 3. The van der Waals surface area contributed by atoms with E-state index in [4.69, 9.17) is 0 Å². The third-order valence-electron chi connectivity index (χ3n) is 3.31. The summed E-state index contributed by atoms with van der Waals surface area (Å²) in [5.41, 5.74) is 4.12. The quantitative estimate of drug-likeness (QED) is 0.870. The highest BCUT2D eigenvalue weighted by Gasteiger charge is 2.12. The Labute approximate surface area is 118 Å². The lowest BCUT2D eigenvalue weighted by molar-refractivity contribution is 0.0697. The minimum absolute atomic E-state index is 0.181. The van der Waals surface area contributed by atoms with Crippen LogP contribution in [-0.2, 0) is 12.8 Å². The second-order valence-electron chi connectivity index (χ2n) is 4.51. The van der Waals surface area contributed by atoms with Crippen molar-refractivity contribution in [3.63, 3.8) is 0 Å². The molecule has 1 aromatic heterocycles. The van der Waals surface area contributed by atoms with Gasteiger partial charge < -0.3 is 10.4 Å². The number of rotatable bonds is 5. The molecule has 0 spiro atoms. The summed E-state index contributed by atoms with van der Waals surface area (Å²) in [6, 6.07) is 7.84. The van der Waals surface area contributed by atoms with Gasteiger partial charge in [0, 0.05) is 18.1 Å². The zero-order chi connectivity index (χ0) is 14.5. The summed E-state index contributed by atoms with van der Waals surface area (Å²) in [5.74, 6) is -0.979. The Morgan fingerprint density at radius 3 is 2.40 bits per heavy atom. The molecule has 2 rings (SSSR count). The minimum atomic E-state index is -0.979. The van der Waals surface area contributed by atoms with Crippen LogP contribution in [0.3, 0.4) is 0 Å². The number of anilines is 2. The number of benzene rings is 1. The normalized spacial score (nSPS) is 10.3. The largest absolute Gasteiger partial charge is 0.478 e. The number of carboxylic acid groups (broad SMARTS) is 1. The van der Waals surface area contributed by atoms with Crippen molar-refractivity contribution in [2.45, 2.75) is 26.7 Å². The molecular formula is C16H18N2O2. The molecule has 0 bridgehead atoms. The zero-order valence-corrected chi connectivity index (χ0v) is 11.7. The zero-order valence-electron chi connectivity index (χ0n) is 11.7. The van der Waals surface area contributed by atoms with Crippen molar-refractivity contribution in [2.24, 2.45) is 0 Å². The Morgan fingerprint density at radius 2 is 1.85 bits per heavy atom. The number of nitrogens with one attached hydrogen (secondary N) is 1. The number of aromatic carboxylic acids is 1. The summed E-state index contributed by atoms with van der Waals surface area (Å²) in [4.78, 5) is 15.1. The summed E-state index contributed by atoms with van der Waals surface area (Å²) in [6.07, 6.45) is 4.74. The van der Waals surface area contributed by atoms with Crippen LogP contribution in [0.25, 0.3) is 0 Å². The molecule has 0 aliphatic rings. The number of aryl methyl sites for hydroxylation is 2. The highest BCUT2D eigenvalue weighted by molar-refractivity contribution is 5.95. The third kappa shape index (κ3) is 2.79. The van der Waals surface area contributed by atoms with Crippen LogP contribution in [0.5, 0.6) is 0 Å². The van der Waals surface area contributed by atoms with E-state index in [1.54, 1.807) is 12.3 Å². The molecule has 0 saturated carbocycles. The first-order chi connectivity index (χ1) is 9.67. The van der Waals surface area contributed by atoms with Gasteiger partial charge in [0.25, 0.3) is 0 Å². The number of pyridine rings is 1. The molecule has 0 aliphatic carbocycles. The standard InChI is InChI=1S/C16H18N2O2/c1-3-11-6-5-7-12(4-2)15(11)18-14-8-9-17-10-13(14)16(19)20/h5-10H,3-4H2,1-2H3,(H,17,18)(H,19,20). The fraction of sp³-hybridized carbons (Fsp3) is 0.250. The fourth-order valence-corrected chi connectivity index (χ4v) is 2.21. The Hall–Kier alpha value is -2.36. The van der Waals surface area contributed by atoms with Crippen LogP contribution in [0, 0.1) is 0 Å². The second kappa shape index (κ2) is 6.19. The van der Waals surface area contributed by atoms with Gasteiger partial charge in [-0.15, -0.1) is 0 Å². The van der Waals surface area contributed by atoms with E-state index in [1.165, 1.54) is 17.3 Å². The van der Waals surface area contributed by atoms with Crippen molar-refractivity contribution in [1.82, 2.24) is 4.98 Å². The van der Waals surface area contributed by atoms with Crippen LogP contribution in [0.2, 0.25) is 0 Å². The molecule has 20 heavy (non-hydrogen) atoms. The second-order valence-corrected chi connectivity index (χ2v) is 4.51. The lowest BCUT2D eigenvalue weighted by Gasteiger charge is -2.16. The Morgan fingerprint density at radius 1 is 1.20 bits per heavy atom. The van der Waals surface area contributed by atoms with Crippen LogP contribution >= 0.6 is 0 Å². The highest BCUT2D eigenvalue weighted by Crippen LogP contribution is 2.27. The fourth-order valence-electron chi connectivity index (χ4n) is 2.21. The minimum Gasteiger partial charge on any atom is -0.478 e. The van der Waals surface area contributed by atoms with Gasteiger partial charge in [0.05, 0.1) is 5.69 Å². The molecule has 1 aromatic carbocycles. The molecular weight excluding hydrogens is 252 g/mol. The average Bonchev–Trinajstić information content (AvgIpc) is 2.47. The van der Waals surface area contributed by atoms with Gasteiger partial charge in [-0.2, -0.15) is 0 Å². The molecule has 4 heteroatoms. The van der Waals surface area contributed by atoms with Crippen LogP contribution in [0.4, 0.5) is 11.4 Å². The topological polar surface area (TPSA) is 62.2 Å². The molecule has 0 atom stereocenters. The molecule has 1 heterocycles. The van der Waals surface area contributed by atoms with E-state index in [2.05, 4.69) is 36.3 Å². The van der Waals surface area contributed by atoms with Gasteiger partial charge >= 0.3 is 5.97 Å². The third-order valence-corrected chi connectivity index (χ3v) is 3.31. The van der Waals surface area contributed by atoms with Gasteiger partial charge in [-0.1, -0.05) is 32.0 Å². The Balaban J connectivity index is 2.47. The van der Waals surface area contributed by atoms with Gasteiger partial charge in [-0.05, 0) is 30.0 Å². The number of para-hydroxylation sites is 1. The van der Waals surface area contributed by atoms with Gasteiger partial charge in [0.2, 0.25) is 0 Å². The van der Waals surface area contributed by atoms with Crippen LogP contribution in [-0.4, -0.2) is 16.1 Å². The molecule has 2 aromatic rings. The van der Waals surface area contributed by atoms with E-state index in [1.807, 2.05) is 6.07 Å². The predicted octanol–water partition coefficient (Wildman–Crippen LogP) is 3.65. The monoisotopic (exact) mass is 270 g/mol. The average molecular weight is 270 g/mol. The lowest BCUT2D eigenvalue weighted by atomic mass is 10.0. The van der Waals surface area contributed by atoms with E-state index in [0.29, 0.717) is 5.69 Å². The summed E-state index contributed by atoms with van der Waals surface area (Å²) in [6.45, 7) is 4.18. The first kappa shape index (κ1) is 14.1. The SMILES string of the molecule is CCc1cccc(CC)c1Nc1ccncc1C(=O)O. The first-order valence-corrected chi connectivity index (χ1v) is 6.72. The summed E-state index contributed by atoms with van der Waals surface area (Å²) in [7, 11) is 0. The van der Waals surface area contributed by atoms with E-state index in [9.17, 15) is 9.90 Å². The summed E-state index contributed by atoms with van der Waals surface area (Å²) >= 11 is 0. The van der Waals surface area contributed by atoms with Crippen molar-refractivity contribution >= 4 is 17.3 Å². The molecule has 104 valence electrons. The number of hydrogen-bond donors (Lipinski definition) is 2. The van der Waals surface area contributed by atoms with Crippen LogP contribution in [0.15, 0.2) is 36.7 Å². The summed E-state index contributed by atoms with van der Waals surface area (Å²) < 4.78 is 0. The van der Waals surface area contributed by atoms with Gasteiger partial charge in [0.1, 0.15) is 5.56 Å². The predicted molar refractivity (Wildman–Crippen MR) is 79.7 cm³/mol. The molecule has 0 radical (unpaired) electrons. The van der Waals surface area contributed by atoms with Crippen molar-refractivity contribution in [2.75, 3.05) is 5.32 Å². The molecule has 0 unspecified atom stereocenters. The number of aromatic nitrogens is 1. The molecule has 0 fully saturated rings. The Kier molecular flexibility index (Phi) is 4.35. The van der Waals surface area contributed by atoms with Crippen LogP contribution < -0.4 is 5.32 Å². The molecule has 0 saturated heterocycles. The van der Waals surface area contributed by atoms with E-state index in [0.717, 1.165) is 18.5 Å². The molecule has 2 N–H and O–H groups in total. The van der Waals surface area contributed by atoms with E-state index in [-0.39, 0.29) is 5.56 Å². The van der Waals surface area contributed by atoms with Crippen LogP contribution in [0.1, 0.15) is 35.3 Å². The van der Waals surface area contributed by atoms with Crippen molar-refractivity contribution in [1.29, 1.82) is 0 Å². The first-order valence-electron chi connectivity index (χ1n) is 6.72. The van der Waals surface area contributed by atoms with E-state index < -0.39 is 5.97 Å². The molecule has 0 amide bonds. The maximum Gasteiger partial charge on any atom is 0.339 e. The van der Waals surface area contributed by atoms with Gasteiger partial charge in [0.15, 0.2) is 0 Å². The van der Waals surface area contributed by atoms with Gasteiger partial charge in [-0.25, -0.2) is 4.79 Å². The molecule has 4 nitrogen and oxygen atoms in total. The Bertz CT molecular complexity index is 601. The lowest BCUT2D eigenvalue weighted by Crippen LogP contribution is -2.06. The maximum atomic E-state index is 11.2. The number of carbonyl (C=O) groups is 1. The number of nitrogens with zero attached hydrogens (tertiary/aromatic N) is 1. The van der Waals surface area contributed by atoms with Crippen molar-refractivity contribution < 1.29 is 9.90 Å². The highest BCUT2D eigenvalue weighted by atomic mass is 16.4. The molecule has 0 aliphatic heterocycles. The number of carboxylic acids is 1. The van der Waals surface area contributed by atoms with Gasteiger partial charge in [-0.3, -0.25) is 4.98 Å². The maximum absolute atomic E-state index is 11.2. The van der Waals surface area contributed by atoms with Crippen molar-refractivity contribution in [3.05, 3.63) is 53.3 Å².